The Hall–Kier alpha value is -3.25. The van der Waals surface area contributed by atoms with E-state index in [-0.39, 0.29) is 86.1 Å². The Labute approximate surface area is 543 Å². The first kappa shape index (κ1) is 171. The Kier molecular flexibility index (Phi) is 175. The average Bonchev–Trinajstić information content (AvgIpc) is 3.35. The maximum Gasteiger partial charge on any atom is 0.476 e. The molecule has 0 aliphatic rings. The van der Waals surface area contributed by atoms with Gasteiger partial charge in [0.25, 0.3) is 0 Å². The van der Waals surface area contributed by atoms with Crippen LogP contribution >= 0.6 is 0 Å². The molecule has 0 spiro atoms. The van der Waals surface area contributed by atoms with Gasteiger partial charge in [0.1, 0.15) is 17.9 Å². The Morgan fingerprint density at radius 1 is 0.347 bits per heavy atom. The summed E-state index contributed by atoms with van der Waals surface area (Å²) in [7, 11) is -15.0. The van der Waals surface area contributed by atoms with Gasteiger partial charge in [-0.25, -0.2) is 39.3 Å². The summed E-state index contributed by atoms with van der Waals surface area (Å²) in [6.07, 6.45) is -35.2. The van der Waals surface area contributed by atoms with E-state index in [2.05, 4.69) is 18.9 Å². The molecule has 0 aromatic carbocycles. The molecule has 0 saturated carbocycles. The SMILES string of the molecule is C.C.C.C.C.C.C.C.CCF.CCF.CCF.CCF.CF.CF.CF.CF.FCC(F)(F)OC(F)(F)CF.FCC(F)(F)OF.FCOC(F)(F)C(F)(F)C(F)(F)CF.FCOC(F)(F)CC(F)(F)F.FCOC(F)(F)CF.O=S(=O)(F)F.O=S(=O)(F)F.O=S(=O)(F)F.O=S([O-])F. The van der Waals surface area contributed by atoms with E-state index < -0.39 is 158 Å². The van der Waals surface area contributed by atoms with Crippen LogP contribution in [0, 0.1) is 0 Å². The molecule has 0 N–H and O–H groups in total. The van der Waals surface area contributed by atoms with Crippen molar-refractivity contribution in [2.75, 3.05) is 109 Å². The maximum atomic E-state index is 12.1. The highest BCUT2D eigenvalue weighted by atomic mass is 32.3. The summed E-state index contributed by atoms with van der Waals surface area (Å²) in [5.74, 6) is -11.7. The second-order valence-corrected chi connectivity index (χ2v) is 12.4. The molecule has 60 heteroatoms. The number of hydrogen-bond donors (Lipinski definition) is 0. The van der Waals surface area contributed by atoms with Crippen molar-refractivity contribution < 1.29 is 243 Å². The fraction of sp³-hybridized carbons (Fsp3) is 1.00. The lowest BCUT2D eigenvalue weighted by Crippen LogP contribution is -2.56. The minimum absolute atomic E-state index is 0. The van der Waals surface area contributed by atoms with Gasteiger partial charge in [-0.1, -0.05) is 82.7 Å². The number of rotatable bonds is 17. The van der Waals surface area contributed by atoms with Gasteiger partial charge in [0, 0.05) is 0 Å². The van der Waals surface area contributed by atoms with Crippen LogP contribution in [-0.2, 0) is 67.2 Å². The smallest absolute Gasteiger partial charge is 0.476 e. The van der Waals surface area contributed by atoms with Crippen molar-refractivity contribution in [2.24, 2.45) is 0 Å². The van der Waals surface area contributed by atoms with Crippen LogP contribution in [0.25, 0.3) is 0 Å². The summed E-state index contributed by atoms with van der Waals surface area (Å²) in [4.78, 5) is 1.88. The lowest BCUT2D eigenvalue weighted by molar-refractivity contribution is -0.405. The molecule has 0 fully saturated rings. The predicted molar refractivity (Wildman–Crippen MR) is 277 cm³/mol. The van der Waals surface area contributed by atoms with E-state index in [1.165, 1.54) is 27.7 Å². The van der Waals surface area contributed by atoms with E-state index in [1.807, 2.05) is 4.94 Å². The molecule has 13 nitrogen and oxygen atoms in total. The van der Waals surface area contributed by atoms with E-state index >= 15 is 0 Å². The highest BCUT2D eigenvalue weighted by Crippen LogP contribution is 2.46. The van der Waals surface area contributed by atoms with E-state index in [9.17, 15) is 185 Å². The molecule has 0 aromatic heterocycles. The highest BCUT2D eigenvalue weighted by Gasteiger charge is 2.73. The Morgan fingerprint density at radius 2 is 0.510 bits per heavy atom. The first-order chi connectivity index (χ1) is 39.8. The molecule has 1 atom stereocenters. The van der Waals surface area contributed by atoms with E-state index in [0.29, 0.717) is 28.7 Å². The average molecular weight is 1690 g/mol. The molecular weight excluding hydrogens is 1610 g/mol. The van der Waals surface area contributed by atoms with Crippen LogP contribution in [0.5, 0.6) is 0 Å². The van der Waals surface area contributed by atoms with Gasteiger partial charge < -0.3 is 4.55 Å². The van der Waals surface area contributed by atoms with Gasteiger partial charge in [0.15, 0.2) is 54.0 Å². The summed E-state index contributed by atoms with van der Waals surface area (Å²) in [6, 6.07) is 0. The molecular formula is C38H82F43O13S4-. The highest BCUT2D eigenvalue weighted by molar-refractivity contribution is 7.81. The van der Waals surface area contributed by atoms with E-state index in [0.717, 1.165) is 0 Å². The normalized spacial score (nSPS) is 10.4. The van der Waals surface area contributed by atoms with Crippen molar-refractivity contribution in [2.45, 2.75) is 148 Å². The molecule has 0 aliphatic carbocycles. The first-order valence-electron chi connectivity index (χ1n) is 18.8. The summed E-state index contributed by atoms with van der Waals surface area (Å²) in [5.41, 5.74) is 0. The van der Waals surface area contributed by atoms with Gasteiger partial charge in [-0.2, -0.15) is 109 Å². The molecule has 1 unspecified atom stereocenters. The molecule has 0 aromatic rings. The van der Waals surface area contributed by atoms with Crippen LogP contribution in [0.3, 0.4) is 0 Å². The van der Waals surface area contributed by atoms with Gasteiger partial charge in [-0.15, -0.1) is 8.83 Å². The number of halogens is 43. The van der Waals surface area contributed by atoms with Crippen LogP contribution in [0.1, 0.15) is 93.5 Å². The van der Waals surface area contributed by atoms with Crippen LogP contribution < -0.4 is 0 Å². The summed E-state index contributed by atoms with van der Waals surface area (Å²) >= 11 is -3.36. The van der Waals surface area contributed by atoms with Gasteiger partial charge in [-0.05, 0) is 32.2 Å². The summed E-state index contributed by atoms with van der Waals surface area (Å²) in [6.45, 7) is -13.1. The van der Waals surface area contributed by atoms with Crippen molar-refractivity contribution >= 4 is 43.3 Å². The fourth-order valence-electron chi connectivity index (χ4n) is 1.23. The van der Waals surface area contributed by atoms with Gasteiger partial charge >= 0.3 is 86.5 Å². The zero-order chi connectivity index (χ0) is 78.3. The molecule has 98 heavy (non-hydrogen) atoms. The van der Waals surface area contributed by atoms with Crippen LogP contribution in [0.2, 0.25) is 0 Å². The quantitative estimate of drug-likeness (QED) is 0.0761. The zero-order valence-corrected chi connectivity index (χ0v) is 48.2. The second-order valence-electron chi connectivity index (χ2n) is 9.78. The Bertz CT molecular complexity index is 1620. The first-order valence-corrected chi connectivity index (χ1v) is 23.6. The summed E-state index contributed by atoms with van der Waals surface area (Å²) < 4.78 is 545. The maximum absolute atomic E-state index is 12.1. The number of ether oxygens (including phenoxy) is 4. The Morgan fingerprint density at radius 3 is 0.612 bits per heavy atom. The van der Waals surface area contributed by atoms with Crippen LogP contribution in [0.4, 0.5) is 185 Å². The third-order valence-electron chi connectivity index (χ3n) is 3.20. The summed E-state index contributed by atoms with van der Waals surface area (Å²) in [5, 5.41) is 0. The van der Waals surface area contributed by atoms with Crippen molar-refractivity contribution in [3.63, 3.8) is 0 Å². The van der Waals surface area contributed by atoms with Crippen LogP contribution in [0.15, 0.2) is 0 Å². The van der Waals surface area contributed by atoms with Crippen molar-refractivity contribution in [3.8, 4) is 0 Å². The molecule has 638 valence electrons. The lowest BCUT2D eigenvalue weighted by atomic mass is 10.2. The van der Waals surface area contributed by atoms with Gasteiger partial charge in [-0.3, -0.25) is 54.1 Å². The lowest BCUT2D eigenvalue weighted by Gasteiger charge is -2.29. The van der Waals surface area contributed by atoms with Crippen molar-refractivity contribution in [3.05, 3.63) is 0 Å². The minimum atomic E-state index is -6.11. The molecule has 0 bridgehead atoms. The van der Waals surface area contributed by atoms with E-state index in [4.69, 9.17) is 34.0 Å². The van der Waals surface area contributed by atoms with Gasteiger partial charge in [0.2, 0.25) is 0 Å². The molecule has 0 saturated heterocycles. The molecule has 0 amide bonds. The standard InChI is InChI=1S/C5H4F8O.2C4H4F6O.C3H4F4O.C2H2F4O.4C2H5F.4CH3F.8CH4.3F2O2S.FHO2S/c6-1-3(8,9)4(10,11)5(12,13)14-2-7;5-1-3(7,8)11-4(9,10)2-6;5-2-11-4(9,10)1-3(6,7)8;4-1-3(6,7)8-2-5;3-1-2(4,5)7-6;4*1-2-3;4*1-2;;;;;;;;;3*1-5(2,3)4;1-4(2)3/h1-2H2;2*1-2H2;1-2H2;1H2;4*2H2,1H3;4*1H3;8*1H4;;;;(H,2,3)/p-1. The third-order valence-corrected chi connectivity index (χ3v) is 3.20. The monoisotopic (exact) mass is 1690 g/mol. The van der Waals surface area contributed by atoms with Gasteiger partial charge in [0.05, 0.1) is 55.4 Å². The minimum Gasteiger partial charge on any atom is -0.746 e. The number of alkyl halides is 35. The largest absolute Gasteiger partial charge is 0.746 e. The third kappa shape index (κ3) is 242. The van der Waals surface area contributed by atoms with Crippen LogP contribution in [-0.4, -0.2) is 198 Å². The topological polar surface area (TPSA) is 189 Å². The predicted octanol–water partition coefficient (Wildman–Crippen LogP) is 21.9. The second kappa shape index (κ2) is 100. The zero-order valence-electron chi connectivity index (χ0n) is 44.9. The molecule has 0 aliphatic heterocycles. The molecule has 0 radical (unpaired) electrons. The van der Waals surface area contributed by atoms with Crippen molar-refractivity contribution in [1.29, 1.82) is 0 Å². The Balaban J connectivity index is -0.0000000259. The molecule has 0 heterocycles. The van der Waals surface area contributed by atoms with E-state index in [1.54, 1.807) is 0 Å². The molecule has 0 rings (SSSR count). The van der Waals surface area contributed by atoms with Crippen molar-refractivity contribution in [1.82, 2.24) is 0 Å². The number of hydrogen-bond acceptors (Lipinski definition) is 13. The fourth-order valence-corrected chi connectivity index (χ4v) is 1.23.